The van der Waals surface area contributed by atoms with Gasteiger partial charge in [-0.15, -0.1) is 0 Å². The standard InChI is InChI=1S/C7H11F2N3/c1-4-6(7(8)9)12-5(11-4)3-10-2/h7,10H,3H2,1-2H3,(H,11,12). The zero-order chi connectivity index (χ0) is 9.14. The number of hydrogen-bond acceptors (Lipinski definition) is 2. The molecule has 1 heterocycles. The van der Waals surface area contributed by atoms with Crippen LogP contribution in [0, 0.1) is 6.92 Å². The van der Waals surface area contributed by atoms with Gasteiger partial charge in [-0.25, -0.2) is 13.8 Å². The van der Waals surface area contributed by atoms with Crippen molar-refractivity contribution < 1.29 is 8.78 Å². The Morgan fingerprint density at radius 1 is 1.58 bits per heavy atom. The van der Waals surface area contributed by atoms with E-state index in [0.717, 1.165) is 0 Å². The first-order valence-corrected chi connectivity index (χ1v) is 3.63. The number of nitrogens with one attached hydrogen (secondary N) is 2. The third-order valence-corrected chi connectivity index (χ3v) is 1.52. The topological polar surface area (TPSA) is 40.7 Å². The van der Waals surface area contributed by atoms with E-state index in [4.69, 9.17) is 0 Å². The molecule has 5 heteroatoms. The van der Waals surface area contributed by atoms with Gasteiger partial charge < -0.3 is 10.3 Å². The molecule has 1 rings (SSSR count). The molecule has 2 N–H and O–H groups in total. The van der Waals surface area contributed by atoms with Crippen molar-refractivity contribution in [2.45, 2.75) is 19.9 Å². The Morgan fingerprint density at radius 3 is 2.67 bits per heavy atom. The fraction of sp³-hybridized carbons (Fsp3) is 0.571. The number of aryl methyl sites for hydroxylation is 1. The van der Waals surface area contributed by atoms with Crippen LogP contribution in [-0.2, 0) is 6.54 Å². The summed E-state index contributed by atoms with van der Waals surface area (Å²) in [6.45, 7) is 2.07. The van der Waals surface area contributed by atoms with Crippen LogP contribution in [0.2, 0.25) is 0 Å². The lowest BCUT2D eigenvalue weighted by Crippen LogP contribution is -2.06. The van der Waals surface area contributed by atoms with Crippen LogP contribution in [0.1, 0.15) is 23.6 Å². The average molecular weight is 175 g/mol. The van der Waals surface area contributed by atoms with Gasteiger partial charge in [-0.05, 0) is 14.0 Å². The van der Waals surface area contributed by atoms with Gasteiger partial charge in [0.1, 0.15) is 11.5 Å². The van der Waals surface area contributed by atoms with Gasteiger partial charge in [0, 0.05) is 5.69 Å². The molecule has 3 nitrogen and oxygen atoms in total. The number of imidazole rings is 1. The fourth-order valence-corrected chi connectivity index (χ4v) is 1.00. The Labute approximate surface area is 69.2 Å². The van der Waals surface area contributed by atoms with Gasteiger partial charge in [-0.1, -0.05) is 0 Å². The molecule has 1 aromatic heterocycles. The second-order valence-corrected chi connectivity index (χ2v) is 2.52. The van der Waals surface area contributed by atoms with E-state index in [1.807, 2.05) is 0 Å². The summed E-state index contributed by atoms with van der Waals surface area (Å²) in [5, 5.41) is 2.82. The molecule has 0 radical (unpaired) electrons. The molecule has 0 aliphatic rings. The largest absolute Gasteiger partial charge is 0.345 e. The Hall–Kier alpha value is -0.970. The Bertz CT molecular complexity index is 257. The van der Waals surface area contributed by atoms with E-state index in [-0.39, 0.29) is 5.69 Å². The van der Waals surface area contributed by atoms with Gasteiger partial charge in [0.15, 0.2) is 0 Å². The predicted octanol–water partition coefficient (Wildman–Crippen LogP) is 1.38. The molecule has 0 unspecified atom stereocenters. The minimum absolute atomic E-state index is 0.153. The van der Waals surface area contributed by atoms with Crippen molar-refractivity contribution >= 4 is 0 Å². The molecule has 1 aromatic rings. The van der Waals surface area contributed by atoms with Gasteiger partial charge in [0.2, 0.25) is 0 Å². The molecule has 12 heavy (non-hydrogen) atoms. The van der Waals surface area contributed by atoms with E-state index in [0.29, 0.717) is 18.1 Å². The molecular weight excluding hydrogens is 164 g/mol. The lowest BCUT2D eigenvalue weighted by atomic mass is 10.4. The third kappa shape index (κ3) is 1.79. The molecule has 0 fully saturated rings. The van der Waals surface area contributed by atoms with Crippen LogP contribution in [0.15, 0.2) is 0 Å². The van der Waals surface area contributed by atoms with Crippen LogP contribution in [0.3, 0.4) is 0 Å². The SMILES string of the molecule is CNCc1nc(C(F)F)c(C)[nH]1. The van der Waals surface area contributed by atoms with Crippen LogP contribution in [-0.4, -0.2) is 17.0 Å². The van der Waals surface area contributed by atoms with Crippen LogP contribution in [0.4, 0.5) is 8.78 Å². The second kappa shape index (κ2) is 3.62. The molecule has 0 aliphatic heterocycles. The van der Waals surface area contributed by atoms with Crippen molar-refractivity contribution in [1.82, 2.24) is 15.3 Å². The van der Waals surface area contributed by atoms with Crippen LogP contribution < -0.4 is 5.32 Å². The first-order valence-electron chi connectivity index (χ1n) is 3.63. The van der Waals surface area contributed by atoms with Crippen LogP contribution in [0.25, 0.3) is 0 Å². The van der Waals surface area contributed by atoms with Crippen LogP contribution >= 0.6 is 0 Å². The van der Waals surface area contributed by atoms with Crippen molar-refractivity contribution in [3.8, 4) is 0 Å². The Kier molecular flexibility index (Phi) is 2.75. The molecule has 0 saturated carbocycles. The summed E-state index contributed by atoms with van der Waals surface area (Å²) in [5.41, 5.74) is 0.288. The second-order valence-electron chi connectivity index (χ2n) is 2.52. The van der Waals surface area contributed by atoms with Crippen molar-refractivity contribution in [3.63, 3.8) is 0 Å². The minimum atomic E-state index is -2.49. The maximum absolute atomic E-state index is 12.2. The first-order chi connectivity index (χ1) is 5.65. The highest BCUT2D eigenvalue weighted by Gasteiger charge is 2.15. The minimum Gasteiger partial charge on any atom is -0.345 e. The highest BCUT2D eigenvalue weighted by atomic mass is 19.3. The number of halogens is 2. The summed E-state index contributed by atoms with van der Waals surface area (Å²) in [4.78, 5) is 6.50. The van der Waals surface area contributed by atoms with Crippen molar-refractivity contribution in [2.75, 3.05) is 7.05 Å². The highest BCUT2D eigenvalue weighted by Crippen LogP contribution is 2.19. The molecule has 0 aliphatic carbocycles. The Balaban J connectivity index is 2.85. The van der Waals surface area contributed by atoms with Gasteiger partial charge in [-0.2, -0.15) is 0 Å². The summed E-state index contributed by atoms with van der Waals surface area (Å²) in [5.74, 6) is 0.547. The number of rotatable bonds is 3. The summed E-state index contributed by atoms with van der Waals surface area (Å²) < 4.78 is 24.4. The smallest absolute Gasteiger partial charge is 0.282 e. The molecule has 0 atom stereocenters. The Morgan fingerprint density at radius 2 is 2.25 bits per heavy atom. The molecular formula is C7H11F2N3. The number of alkyl halides is 2. The number of hydrogen-bond donors (Lipinski definition) is 2. The molecule has 0 amide bonds. The highest BCUT2D eigenvalue weighted by molar-refractivity contribution is 5.13. The molecule has 0 aromatic carbocycles. The lowest BCUT2D eigenvalue weighted by Gasteiger charge is -1.92. The van der Waals surface area contributed by atoms with E-state index < -0.39 is 6.43 Å². The molecule has 0 bridgehead atoms. The predicted molar refractivity (Wildman–Crippen MR) is 41.0 cm³/mol. The van der Waals surface area contributed by atoms with E-state index in [2.05, 4.69) is 15.3 Å². The van der Waals surface area contributed by atoms with E-state index in [9.17, 15) is 8.78 Å². The number of aromatic amines is 1. The summed E-state index contributed by atoms with van der Waals surface area (Å²) in [7, 11) is 1.74. The van der Waals surface area contributed by atoms with Gasteiger partial charge in [0.05, 0.1) is 6.54 Å². The molecule has 68 valence electrons. The summed E-state index contributed by atoms with van der Waals surface area (Å²) >= 11 is 0. The van der Waals surface area contributed by atoms with Crippen molar-refractivity contribution in [1.29, 1.82) is 0 Å². The van der Waals surface area contributed by atoms with E-state index in [1.165, 1.54) is 0 Å². The maximum Gasteiger partial charge on any atom is 0.282 e. The average Bonchev–Trinajstić information content (AvgIpc) is 2.32. The quantitative estimate of drug-likeness (QED) is 0.728. The zero-order valence-electron chi connectivity index (χ0n) is 6.99. The summed E-state index contributed by atoms with van der Waals surface area (Å²) in [6, 6.07) is 0. The van der Waals surface area contributed by atoms with Crippen molar-refractivity contribution in [2.24, 2.45) is 0 Å². The zero-order valence-corrected chi connectivity index (χ0v) is 6.99. The van der Waals surface area contributed by atoms with Crippen molar-refractivity contribution in [3.05, 3.63) is 17.2 Å². The van der Waals surface area contributed by atoms with E-state index >= 15 is 0 Å². The summed E-state index contributed by atoms with van der Waals surface area (Å²) in [6.07, 6.45) is -2.49. The number of aromatic nitrogens is 2. The van der Waals surface area contributed by atoms with Gasteiger partial charge >= 0.3 is 0 Å². The first kappa shape index (κ1) is 9.12. The normalized spacial score (nSPS) is 11.1. The number of H-pyrrole nitrogens is 1. The monoisotopic (exact) mass is 175 g/mol. The third-order valence-electron chi connectivity index (χ3n) is 1.52. The number of nitrogens with zero attached hydrogens (tertiary/aromatic N) is 1. The van der Waals surface area contributed by atoms with Crippen LogP contribution in [0.5, 0.6) is 0 Å². The lowest BCUT2D eigenvalue weighted by molar-refractivity contribution is 0.145. The maximum atomic E-state index is 12.2. The van der Waals surface area contributed by atoms with Gasteiger partial charge in [0.25, 0.3) is 6.43 Å². The molecule has 0 saturated heterocycles. The van der Waals surface area contributed by atoms with Gasteiger partial charge in [-0.3, -0.25) is 0 Å². The molecule has 0 spiro atoms. The fourth-order valence-electron chi connectivity index (χ4n) is 1.00. The van der Waals surface area contributed by atoms with E-state index in [1.54, 1.807) is 14.0 Å².